The average molecular weight is 361 g/mol. The molecule has 17 heavy (non-hydrogen) atoms. The van der Waals surface area contributed by atoms with Gasteiger partial charge >= 0.3 is 0 Å². The van der Waals surface area contributed by atoms with E-state index in [9.17, 15) is 4.79 Å². The van der Waals surface area contributed by atoms with Crippen LogP contribution >= 0.6 is 31.9 Å². The third kappa shape index (κ3) is 2.83. The van der Waals surface area contributed by atoms with E-state index in [1.54, 1.807) is 0 Å². The Balaban J connectivity index is 2.18. The summed E-state index contributed by atoms with van der Waals surface area (Å²) in [6.45, 7) is 0. The Bertz CT molecular complexity index is 568. The molecule has 0 spiro atoms. The lowest BCUT2D eigenvalue weighted by atomic mass is 10.4. The molecule has 0 bridgehead atoms. The van der Waals surface area contributed by atoms with E-state index in [1.807, 2.05) is 0 Å². The number of carbonyl (C=O) groups excluding carboxylic acids is 1. The van der Waals surface area contributed by atoms with Crippen LogP contribution in [0, 0.1) is 0 Å². The zero-order chi connectivity index (χ0) is 12.4. The van der Waals surface area contributed by atoms with E-state index in [-0.39, 0.29) is 5.91 Å². The second-order valence-electron chi connectivity index (χ2n) is 3.13. The van der Waals surface area contributed by atoms with Gasteiger partial charge in [-0.25, -0.2) is 9.97 Å². The Morgan fingerprint density at radius 2 is 2.24 bits per heavy atom. The van der Waals surface area contributed by atoms with Gasteiger partial charge in [-0.05, 0) is 37.9 Å². The number of hydrogen-bond donors (Lipinski definition) is 3. The highest BCUT2D eigenvalue weighted by Crippen LogP contribution is 2.20. The lowest BCUT2D eigenvalue weighted by molar-refractivity contribution is 0.102. The second kappa shape index (κ2) is 4.84. The van der Waals surface area contributed by atoms with Crippen molar-refractivity contribution in [2.45, 2.75) is 0 Å². The molecule has 0 aliphatic heterocycles. The van der Waals surface area contributed by atoms with Crippen molar-refractivity contribution >= 4 is 49.3 Å². The number of rotatable bonds is 2. The van der Waals surface area contributed by atoms with Crippen molar-refractivity contribution in [3.8, 4) is 0 Å². The summed E-state index contributed by atoms with van der Waals surface area (Å²) in [5, 5.41) is 2.60. The first-order chi connectivity index (χ1) is 8.06. The van der Waals surface area contributed by atoms with Gasteiger partial charge in [-0.2, -0.15) is 0 Å². The van der Waals surface area contributed by atoms with Gasteiger partial charge in [-0.1, -0.05) is 0 Å². The summed E-state index contributed by atoms with van der Waals surface area (Å²) in [6.07, 6.45) is 3.03. The fourth-order valence-corrected chi connectivity index (χ4v) is 2.06. The van der Waals surface area contributed by atoms with Crippen LogP contribution in [0.25, 0.3) is 0 Å². The summed E-state index contributed by atoms with van der Waals surface area (Å²) in [4.78, 5) is 22.6. The molecule has 4 N–H and O–H groups in total. The van der Waals surface area contributed by atoms with Crippen molar-refractivity contribution in [1.82, 2.24) is 15.0 Å². The zero-order valence-corrected chi connectivity index (χ0v) is 11.5. The van der Waals surface area contributed by atoms with Crippen molar-refractivity contribution in [3.63, 3.8) is 0 Å². The highest BCUT2D eigenvalue weighted by atomic mass is 79.9. The van der Waals surface area contributed by atoms with Gasteiger partial charge < -0.3 is 16.0 Å². The minimum Gasteiger partial charge on any atom is -0.397 e. The van der Waals surface area contributed by atoms with E-state index >= 15 is 0 Å². The molecule has 0 aromatic carbocycles. The number of hydrogen-bond acceptors (Lipinski definition) is 4. The highest BCUT2D eigenvalue weighted by molar-refractivity contribution is 9.11. The number of carbonyl (C=O) groups is 1. The van der Waals surface area contributed by atoms with Crippen LogP contribution in [0.4, 0.5) is 11.5 Å². The third-order valence-electron chi connectivity index (χ3n) is 1.88. The van der Waals surface area contributed by atoms with E-state index in [2.05, 4.69) is 52.1 Å². The Labute approximate surface area is 113 Å². The molecular weight excluding hydrogens is 354 g/mol. The lowest BCUT2D eigenvalue weighted by Crippen LogP contribution is -2.14. The summed E-state index contributed by atoms with van der Waals surface area (Å²) in [5.74, 6) is 0.00499. The number of nitrogens with two attached hydrogens (primary N) is 1. The van der Waals surface area contributed by atoms with Crippen molar-refractivity contribution in [2.24, 2.45) is 0 Å². The summed E-state index contributed by atoms with van der Waals surface area (Å²) in [5.41, 5.74) is 6.36. The Morgan fingerprint density at radius 3 is 2.82 bits per heavy atom. The number of aromatic amines is 1. The highest BCUT2D eigenvalue weighted by Gasteiger charge is 2.11. The number of aromatic nitrogens is 3. The van der Waals surface area contributed by atoms with Gasteiger partial charge in [0.2, 0.25) is 0 Å². The molecule has 0 aliphatic rings. The first kappa shape index (κ1) is 12.1. The van der Waals surface area contributed by atoms with Gasteiger partial charge in [0.25, 0.3) is 5.91 Å². The molecule has 6 nitrogen and oxygen atoms in total. The molecule has 0 fully saturated rings. The maximum atomic E-state index is 11.8. The standard InChI is InChI=1S/C9H7Br2N5O/c10-6-3-14-8(7(11)15-6)16-9(17)5-1-4(12)2-13-5/h1-3,13H,12H2,(H,14,16,17). The molecule has 0 aliphatic carbocycles. The molecule has 2 aromatic heterocycles. The first-order valence-corrected chi connectivity index (χ1v) is 6.08. The number of nitrogens with one attached hydrogen (secondary N) is 2. The van der Waals surface area contributed by atoms with Crippen LogP contribution in [0.3, 0.4) is 0 Å². The number of nitrogen functional groups attached to an aromatic ring is 1. The fraction of sp³-hybridized carbons (Fsp3) is 0. The van der Waals surface area contributed by atoms with Gasteiger partial charge in [0.05, 0.1) is 6.20 Å². The molecule has 1 amide bonds. The van der Waals surface area contributed by atoms with Crippen LogP contribution in [0.5, 0.6) is 0 Å². The van der Waals surface area contributed by atoms with Crippen LogP contribution in [-0.2, 0) is 0 Å². The maximum absolute atomic E-state index is 11.8. The van der Waals surface area contributed by atoms with E-state index < -0.39 is 0 Å². The van der Waals surface area contributed by atoms with Crippen molar-refractivity contribution in [1.29, 1.82) is 0 Å². The molecule has 2 heterocycles. The number of nitrogens with zero attached hydrogens (tertiary/aromatic N) is 2. The van der Waals surface area contributed by atoms with Gasteiger partial charge in [0, 0.05) is 11.9 Å². The molecule has 2 rings (SSSR count). The van der Waals surface area contributed by atoms with Crippen LogP contribution in [0.2, 0.25) is 0 Å². The largest absolute Gasteiger partial charge is 0.397 e. The third-order valence-corrected chi connectivity index (χ3v) is 2.82. The molecule has 0 unspecified atom stereocenters. The second-order valence-corrected chi connectivity index (χ2v) is 4.70. The van der Waals surface area contributed by atoms with Crippen molar-refractivity contribution in [2.75, 3.05) is 11.1 Å². The molecule has 2 aromatic rings. The van der Waals surface area contributed by atoms with Crippen LogP contribution < -0.4 is 11.1 Å². The number of halogens is 2. The van der Waals surface area contributed by atoms with E-state index in [0.717, 1.165) is 0 Å². The predicted molar refractivity (Wildman–Crippen MR) is 70.6 cm³/mol. The minimum atomic E-state index is -0.334. The maximum Gasteiger partial charge on any atom is 0.273 e. The van der Waals surface area contributed by atoms with Crippen LogP contribution in [-0.4, -0.2) is 20.9 Å². The number of anilines is 2. The Morgan fingerprint density at radius 1 is 1.47 bits per heavy atom. The normalized spacial score (nSPS) is 10.2. The van der Waals surface area contributed by atoms with E-state index in [4.69, 9.17) is 5.73 Å². The summed E-state index contributed by atoms with van der Waals surface area (Å²) in [7, 11) is 0. The van der Waals surface area contributed by atoms with Gasteiger partial charge in [-0.3, -0.25) is 4.79 Å². The minimum absolute atomic E-state index is 0.334. The SMILES string of the molecule is Nc1c[nH]c(C(=O)Nc2ncc(Br)nc2Br)c1. The van der Waals surface area contributed by atoms with Crippen LogP contribution in [0.1, 0.15) is 10.5 Å². The van der Waals surface area contributed by atoms with E-state index in [0.29, 0.717) is 26.4 Å². The molecule has 0 atom stereocenters. The molecule has 88 valence electrons. The van der Waals surface area contributed by atoms with Crippen LogP contribution in [0.15, 0.2) is 27.7 Å². The lowest BCUT2D eigenvalue weighted by Gasteiger charge is -2.04. The summed E-state index contributed by atoms with van der Waals surface area (Å²) in [6, 6.07) is 1.54. The first-order valence-electron chi connectivity index (χ1n) is 4.49. The summed E-state index contributed by atoms with van der Waals surface area (Å²) >= 11 is 6.37. The molecule has 8 heteroatoms. The quantitative estimate of drug-likeness (QED) is 0.764. The monoisotopic (exact) mass is 359 g/mol. The van der Waals surface area contributed by atoms with Gasteiger partial charge in [-0.15, -0.1) is 0 Å². The molecular formula is C9H7Br2N5O. The molecule has 0 saturated heterocycles. The average Bonchev–Trinajstić information content (AvgIpc) is 2.69. The molecule has 0 saturated carbocycles. The predicted octanol–water partition coefficient (Wildman–Crippen LogP) is 2.16. The molecule has 0 radical (unpaired) electrons. The van der Waals surface area contributed by atoms with Crippen molar-refractivity contribution < 1.29 is 4.79 Å². The van der Waals surface area contributed by atoms with Gasteiger partial charge in [0.1, 0.15) is 14.9 Å². The topological polar surface area (TPSA) is 96.7 Å². The smallest absolute Gasteiger partial charge is 0.273 e. The zero-order valence-electron chi connectivity index (χ0n) is 8.37. The van der Waals surface area contributed by atoms with Gasteiger partial charge in [0.15, 0.2) is 5.82 Å². The van der Waals surface area contributed by atoms with E-state index in [1.165, 1.54) is 18.5 Å². The van der Waals surface area contributed by atoms with Crippen molar-refractivity contribution in [3.05, 3.63) is 33.4 Å². The number of amides is 1. The Hall–Kier alpha value is -1.41. The summed E-state index contributed by atoms with van der Waals surface area (Å²) < 4.78 is 1.02. The Kier molecular flexibility index (Phi) is 3.43. The fourth-order valence-electron chi connectivity index (χ4n) is 1.15. The number of H-pyrrole nitrogens is 1.